The van der Waals surface area contributed by atoms with E-state index in [-0.39, 0.29) is 11.5 Å². The van der Waals surface area contributed by atoms with Crippen molar-refractivity contribution in [2.75, 3.05) is 31.1 Å². The van der Waals surface area contributed by atoms with Crippen molar-refractivity contribution in [1.29, 1.82) is 0 Å². The van der Waals surface area contributed by atoms with E-state index >= 15 is 0 Å². The van der Waals surface area contributed by atoms with Crippen molar-refractivity contribution >= 4 is 22.6 Å². The largest absolute Gasteiger partial charge is 0.368 e. The Morgan fingerprint density at radius 1 is 0.941 bits per heavy atom. The molecular formula is C27H29N5O2. The number of hydrogen-bond donors (Lipinski definition) is 0. The number of aromatic nitrogens is 3. The molecule has 1 unspecified atom stereocenters. The zero-order valence-corrected chi connectivity index (χ0v) is 19.8. The number of fused-ring (bicyclic) bond motifs is 1. The topological polar surface area (TPSA) is 63.4 Å². The second-order valence-electron chi connectivity index (χ2n) is 8.86. The normalized spacial score (nSPS) is 15.0. The molecule has 2 aromatic heterocycles. The molecule has 1 atom stereocenters. The third-order valence-corrected chi connectivity index (χ3v) is 6.74. The van der Waals surface area contributed by atoms with E-state index in [1.54, 1.807) is 15.3 Å². The summed E-state index contributed by atoms with van der Waals surface area (Å²) in [5.74, 6) is -0.0394. The molecular weight excluding hydrogens is 426 g/mol. The summed E-state index contributed by atoms with van der Waals surface area (Å²) in [6.07, 6.45) is 0. The van der Waals surface area contributed by atoms with Crippen molar-refractivity contribution in [1.82, 2.24) is 19.2 Å². The average molecular weight is 456 g/mol. The lowest BCUT2D eigenvalue weighted by molar-refractivity contribution is -0.134. The van der Waals surface area contributed by atoms with E-state index in [0.717, 1.165) is 35.3 Å². The summed E-state index contributed by atoms with van der Waals surface area (Å²) in [5, 5.41) is 5.51. The maximum absolute atomic E-state index is 13.5. The third-order valence-electron chi connectivity index (χ3n) is 6.74. The first-order valence-electron chi connectivity index (χ1n) is 11.7. The summed E-state index contributed by atoms with van der Waals surface area (Å²) in [4.78, 5) is 31.1. The Balaban J connectivity index is 1.47. The zero-order chi connectivity index (χ0) is 23.8. The number of para-hydroxylation sites is 1. The van der Waals surface area contributed by atoms with Gasteiger partial charge in [-0.15, -0.1) is 0 Å². The van der Waals surface area contributed by atoms with E-state index in [9.17, 15) is 9.59 Å². The van der Waals surface area contributed by atoms with E-state index in [2.05, 4.69) is 22.1 Å². The van der Waals surface area contributed by atoms with Crippen LogP contribution in [0.1, 0.15) is 18.7 Å². The molecule has 1 aliphatic heterocycles. The van der Waals surface area contributed by atoms with Crippen LogP contribution in [-0.2, 0) is 11.8 Å². The number of carbonyl (C=O) groups excluding carboxylic acids is 1. The maximum Gasteiger partial charge on any atom is 0.253 e. The van der Waals surface area contributed by atoms with Crippen LogP contribution in [0.5, 0.6) is 0 Å². The van der Waals surface area contributed by atoms with Crippen molar-refractivity contribution in [3.05, 3.63) is 82.8 Å². The van der Waals surface area contributed by atoms with E-state index in [1.807, 2.05) is 74.3 Å². The SMILES string of the molecule is Cc1nn(C)c2c1c(-c1ccccc1)cc(=O)n2C(C)C(=O)N1CCN(c2ccccc2)CC1. The average Bonchev–Trinajstić information content (AvgIpc) is 3.17. The van der Waals surface area contributed by atoms with Crippen LogP contribution in [0.25, 0.3) is 22.2 Å². The molecule has 0 aliphatic carbocycles. The number of hydrogen-bond acceptors (Lipinski definition) is 4. The second kappa shape index (κ2) is 8.82. The Bertz CT molecular complexity index is 1380. The molecule has 0 saturated carbocycles. The first-order valence-corrected chi connectivity index (χ1v) is 11.7. The van der Waals surface area contributed by atoms with E-state index in [4.69, 9.17) is 0 Å². The van der Waals surface area contributed by atoms with Crippen LogP contribution < -0.4 is 10.5 Å². The smallest absolute Gasteiger partial charge is 0.253 e. The lowest BCUT2D eigenvalue weighted by Crippen LogP contribution is -2.51. The summed E-state index contributed by atoms with van der Waals surface area (Å²) in [7, 11) is 1.83. The van der Waals surface area contributed by atoms with E-state index < -0.39 is 6.04 Å². The lowest BCUT2D eigenvalue weighted by atomic mass is 10.0. The summed E-state index contributed by atoms with van der Waals surface area (Å²) >= 11 is 0. The first-order chi connectivity index (χ1) is 16.5. The predicted octanol–water partition coefficient (Wildman–Crippen LogP) is 3.62. The van der Waals surface area contributed by atoms with Gasteiger partial charge in [0.15, 0.2) is 0 Å². The monoisotopic (exact) mass is 455 g/mol. The van der Waals surface area contributed by atoms with Gasteiger partial charge in [0, 0.05) is 50.4 Å². The van der Waals surface area contributed by atoms with Gasteiger partial charge < -0.3 is 9.80 Å². The Morgan fingerprint density at radius 3 is 2.21 bits per heavy atom. The molecule has 0 radical (unpaired) electrons. The molecule has 3 heterocycles. The van der Waals surface area contributed by atoms with Crippen molar-refractivity contribution < 1.29 is 4.79 Å². The Hall–Kier alpha value is -3.87. The third kappa shape index (κ3) is 3.77. The highest BCUT2D eigenvalue weighted by Crippen LogP contribution is 2.31. The molecule has 7 heteroatoms. The fraction of sp³-hybridized carbons (Fsp3) is 0.296. The standard InChI is InChI=1S/C27H29N5O2/c1-19-25-23(21-10-6-4-7-11-21)18-24(33)32(26(25)29(3)28-19)20(2)27(34)31-16-14-30(15-17-31)22-12-8-5-9-13-22/h4-13,18,20H,14-17H2,1-3H3. The van der Waals surface area contributed by atoms with Gasteiger partial charge in [0.05, 0.1) is 5.69 Å². The number of piperazine rings is 1. The minimum atomic E-state index is -0.627. The Labute approximate surface area is 198 Å². The fourth-order valence-electron chi connectivity index (χ4n) is 5.03. The van der Waals surface area contributed by atoms with Gasteiger partial charge in [-0.25, -0.2) is 0 Å². The molecule has 0 bridgehead atoms. The van der Waals surface area contributed by atoms with E-state index in [1.165, 1.54) is 5.69 Å². The Morgan fingerprint density at radius 2 is 1.56 bits per heavy atom. The minimum Gasteiger partial charge on any atom is -0.368 e. The van der Waals surface area contributed by atoms with Crippen molar-refractivity contribution in [2.24, 2.45) is 7.05 Å². The van der Waals surface area contributed by atoms with Crippen LogP contribution in [-0.4, -0.2) is 51.3 Å². The van der Waals surface area contributed by atoms with Crippen molar-refractivity contribution in [3.8, 4) is 11.1 Å². The molecule has 7 nitrogen and oxygen atoms in total. The number of amides is 1. The summed E-state index contributed by atoms with van der Waals surface area (Å²) in [6, 6.07) is 21.1. The number of pyridine rings is 1. The first kappa shape index (κ1) is 21.9. The molecule has 5 rings (SSSR count). The van der Waals surface area contributed by atoms with Crippen LogP contribution in [0, 0.1) is 6.92 Å². The lowest BCUT2D eigenvalue weighted by Gasteiger charge is -2.37. The van der Waals surface area contributed by atoms with Gasteiger partial charge in [-0.3, -0.25) is 18.8 Å². The number of benzene rings is 2. The molecule has 2 aromatic carbocycles. The summed E-state index contributed by atoms with van der Waals surface area (Å²) in [6.45, 7) is 6.55. The molecule has 0 spiro atoms. The van der Waals surface area contributed by atoms with Crippen molar-refractivity contribution in [2.45, 2.75) is 19.9 Å². The van der Waals surface area contributed by atoms with Crippen LogP contribution in [0.2, 0.25) is 0 Å². The highest BCUT2D eigenvalue weighted by Gasteiger charge is 2.29. The number of rotatable bonds is 4. The summed E-state index contributed by atoms with van der Waals surface area (Å²) < 4.78 is 3.32. The van der Waals surface area contributed by atoms with Crippen LogP contribution >= 0.6 is 0 Å². The molecule has 1 aliphatic rings. The van der Waals surface area contributed by atoms with E-state index in [0.29, 0.717) is 18.7 Å². The zero-order valence-electron chi connectivity index (χ0n) is 19.8. The van der Waals surface area contributed by atoms with Crippen LogP contribution in [0.4, 0.5) is 5.69 Å². The number of aryl methyl sites for hydroxylation is 2. The number of anilines is 1. The van der Waals surface area contributed by atoms with Gasteiger partial charge in [-0.1, -0.05) is 48.5 Å². The second-order valence-corrected chi connectivity index (χ2v) is 8.86. The molecule has 0 N–H and O–H groups in total. The minimum absolute atomic E-state index is 0.0394. The van der Waals surface area contributed by atoms with Gasteiger partial charge >= 0.3 is 0 Å². The predicted molar refractivity (Wildman–Crippen MR) is 135 cm³/mol. The molecule has 4 aromatic rings. The fourth-order valence-corrected chi connectivity index (χ4v) is 5.03. The number of carbonyl (C=O) groups is 1. The van der Waals surface area contributed by atoms with Crippen LogP contribution in [0.15, 0.2) is 71.5 Å². The van der Waals surface area contributed by atoms with Gasteiger partial charge in [0.1, 0.15) is 11.7 Å². The Kier molecular flexibility index (Phi) is 5.69. The van der Waals surface area contributed by atoms with Gasteiger partial charge in [-0.2, -0.15) is 5.10 Å². The molecule has 174 valence electrons. The molecule has 1 amide bonds. The van der Waals surface area contributed by atoms with Gasteiger partial charge in [-0.05, 0) is 37.1 Å². The molecule has 1 fully saturated rings. The quantitative estimate of drug-likeness (QED) is 0.472. The van der Waals surface area contributed by atoms with Crippen molar-refractivity contribution in [3.63, 3.8) is 0 Å². The summed E-state index contributed by atoms with van der Waals surface area (Å²) in [5.41, 5.74) is 4.29. The maximum atomic E-state index is 13.5. The highest BCUT2D eigenvalue weighted by atomic mass is 16.2. The number of nitrogens with zero attached hydrogens (tertiary/aromatic N) is 5. The van der Waals surface area contributed by atoms with Crippen LogP contribution in [0.3, 0.4) is 0 Å². The van der Waals surface area contributed by atoms with Gasteiger partial charge in [0.2, 0.25) is 5.91 Å². The highest BCUT2D eigenvalue weighted by molar-refractivity contribution is 5.96. The molecule has 1 saturated heterocycles. The molecule has 34 heavy (non-hydrogen) atoms. The van der Waals surface area contributed by atoms with Gasteiger partial charge in [0.25, 0.3) is 5.56 Å².